The van der Waals surface area contributed by atoms with Gasteiger partial charge in [-0.3, -0.25) is 9.59 Å². The summed E-state index contributed by atoms with van der Waals surface area (Å²) in [6.45, 7) is 4.18. The topological polar surface area (TPSA) is 95.1 Å². The van der Waals surface area contributed by atoms with Gasteiger partial charge in [0.25, 0.3) is 5.56 Å². The van der Waals surface area contributed by atoms with E-state index in [4.69, 9.17) is 16.6 Å². The number of aromatic nitrogens is 2. The van der Waals surface area contributed by atoms with Crippen LogP contribution in [-0.4, -0.2) is 26.7 Å². The standard InChI is InChI=1S/C23H22ClN3O3S/c1-3-23(2)11-13-6-4-5-7-15(13)20-19(23)21(30)27-22(26-20)31-12-18(29)25-14-8-9-17(28)16(24)10-14/h4-10,28H,3,11-12H2,1-2H3,(H,25,29)(H,26,27,30)/t23-/m1/s1. The number of rotatable bonds is 5. The Morgan fingerprint density at radius 2 is 2.10 bits per heavy atom. The monoisotopic (exact) mass is 455 g/mol. The molecule has 1 aromatic heterocycles. The summed E-state index contributed by atoms with van der Waals surface area (Å²) in [5.74, 6) is -0.262. The second kappa shape index (κ2) is 8.40. The van der Waals surface area contributed by atoms with E-state index in [0.29, 0.717) is 22.1 Å². The maximum atomic E-state index is 13.0. The zero-order chi connectivity index (χ0) is 22.2. The van der Waals surface area contributed by atoms with Crippen LogP contribution in [0, 0.1) is 0 Å². The molecule has 1 amide bonds. The second-order valence-electron chi connectivity index (χ2n) is 7.85. The predicted octanol–water partition coefficient (Wildman–Crippen LogP) is 4.75. The number of amides is 1. The molecule has 3 aromatic rings. The van der Waals surface area contributed by atoms with E-state index in [9.17, 15) is 14.7 Å². The Morgan fingerprint density at radius 1 is 1.32 bits per heavy atom. The number of nitrogens with zero attached hydrogens (tertiary/aromatic N) is 1. The second-order valence-corrected chi connectivity index (χ2v) is 9.22. The zero-order valence-corrected chi connectivity index (χ0v) is 18.7. The molecule has 4 rings (SSSR count). The minimum Gasteiger partial charge on any atom is -0.506 e. The lowest BCUT2D eigenvalue weighted by Crippen LogP contribution is -2.36. The lowest BCUT2D eigenvalue weighted by Gasteiger charge is -2.34. The quantitative estimate of drug-likeness (QED) is 0.293. The summed E-state index contributed by atoms with van der Waals surface area (Å²) in [5.41, 5.74) is 3.59. The van der Waals surface area contributed by atoms with Crippen LogP contribution in [0.15, 0.2) is 52.4 Å². The number of fused-ring (bicyclic) bond motifs is 3. The molecule has 0 bridgehead atoms. The van der Waals surface area contributed by atoms with Gasteiger partial charge in [0.05, 0.1) is 16.5 Å². The first-order valence-electron chi connectivity index (χ1n) is 9.95. The van der Waals surface area contributed by atoms with Gasteiger partial charge in [0, 0.05) is 22.2 Å². The number of nitrogens with one attached hydrogen (secondary N) is 2. The highest BCUT2D eigenvalue weighted by atomic mass is 35.5. The fourth-order valence-electron chi connectivity index (χ4n) is 3.91. The number of phenolic OH excluding ortho intramolecular Hbond substituents is 1. The Bertz CT molecular complexity index is 1230. The molecule has 0 saturated heterocycles. The minimum absolute atomic E-state index is 0.0516. The molecule has 1 aliphatic rings. The van der Waals surface area contributed by atoms with Crippen LogP contribution in [0.3, 0.4) is 0 Å². The summed E-state index contributed by atoms with van der Waals surface area (Å²) in [4.78, 5) is 33.0. The van der Waals surface area contributed by atoms with Gasteiger partial charge < -0.3 is 15.4 Å². The third-order valence-corrected chi connectivity index (χ3v) is 6.88. The first-order valence-corrected chi connectivity index (χ1v) is 11.3. The van der Waals surface area contributed by atoms with Crippen LogP contribution in [0.2, 0.25) is 5.02 Å². The van der Waals surface area contributed by atoms with Crippen LogP contribution >= 0.6 is 23.4 Å². The van der Waals surface area contributed by atoms with Crippen LogP contribution in [0.4, 0.5) is 5.69 Å². The Morgan fingerprint density at radius 3 is 2.84 bits per heavy atom. The van der Waals surface area contributed by atoms with Crippen molar-refractivity contribution in [1.82, 2.24) is 9.97 Å². The number of carbonyl (C=O) groups is 1. The van der Waals surface area contributed by atoms with Crippen molar-refractivity contribution < 1.29 is 9.90 Å². The third-order valence-electron chi connectivity index (χ3n) is 5.71. The first kappa shape index (κ1) is 21.5. The molecule has 0 unspecified atom stereocenters. The number of hydrogen-bond acceptors (Lipinski definition) is 5. The van der Waals surface area contributed by atoms with Crippen LogP contribution in [-0.2, 0) is 16.6 Å². The number of thioether (sulfide) groups is 1. The van der Waals surface area contributed by atoms with Crippen molar-refractivity contribution in [3.8, 4) is 17.0 Å². The average Bonchev–Trinajstić information content (AvgIpc) is 2.74. The van der Waals surface area contributed by atoms with E-state index >= 15 is 0 Å². The summed E-state index contributed by atoms with van der Waals surface area (Å²) in [5, 5.41) is 12.8. The van der Waals surface area contributed by atoms with Gasteiger partial charge in [0.15, 0.2) is 5.16 Å². The largest absolute Gasteiger partial charge is 0.506 e. The number of phenols is 1. The van der Waals surface area contributed by atoms with Gasteiger partial charge in [-0.25, -0.2) is 4.98 Å². The van der Waals surface area contributed by atoms with E-state index < -0.39 is 0 Å². The Kier molecular flexibility index (Phi) is 5.81. The first-order chi connectivity index (χ1) is 14.8. The van der Waals surface area contributed by atoms with Crippen molar-refractivity contribution in [2.45, 2.75) is 37.3 Å². The van der Waals surface area contributed by atoms with E-state index in [-0.39, 0.29) is 33.4 Å². The highest BCUT2D eigenvalue weighted by molar-refractivity contribution is 7.99. The number of anilines is 1. The molecule has 1 aliphatic carbocycles. The van der Waals surface area contributed by atoms with Crippen LogP contribution in [0.1, 0.15) is 31.4 Å². The SMILES string of the molecule is CC[C@]1(C)Cc2ccccc2-c2nc(SCC(=O)Nc3ccc(O)c(Cl)c3)[nH]c(=O)c21. The van der Waals surface area contributed by atoms with Gasteiger partial charge in [-0.15, -0.1) is 0 Å². The van der Waals surface area contributed by atoms with Crippen LogP contribution in [0.25, 0.3) is 11.3 Å². The molecule has 1 heterocycles. The Hall–Kier alpha value is -2.77. The van der Waals surface area contributed by atoms with Gasteiger partial charge in [-0.2, -0.15) is 0 Å². The molecule has 0 saturated carbocycles. The van der Waals surface area contributed by atoms with E-state index in [1.807, 2.05) is 18.2 Å². The highest BCUT2D eigenvalue weighted by Gasteiger charge is 2.37. The Labute approximate surface area is 189 Å². The van der Waals surface area contributed by atoms with Gasteiger partial charge in [-0.05, 0) is 36.6 Å². The van der Waals surface area contributed by atoms with Crippen molar-refractivity contribution in [3.05, 3.63) is 69.0 Å². The lowest BCUT2D eigenvalue weighted by molar-refractivity contribution is -0.113. The number of carbonyl (C=O) groups excluding carboxylic acids is 1. The molecule has 6 nitrogen and oxygen atoms in total. The van der Waals surface area contributed by atoms with Crippen molar-refractivity contribution in [3.63, 3.8) is 0 Å². The molecular weight excluding hydrogens is 434 g/mol. The lowest BCUT2D eigenvalue weighted by atomic mass is 9.69. The molecule has 3 N–H and O–H groups in total. The number of benzene rings is 2. The third kappa shape index (κ3) is 4.20. The molecular formula is C23H22ClN3O3S. The maximum Gasteiger partial charge on any atom is 0.255 e. The molecule has 0 aliphatic heterocycles. The number of H-pyrrole nitrogens is 1. The summed E-state index contributed by atoms with van der Waals surface area (Å²) in [6, 6.07) is 12.5. The molecule has 160 valence electrons. The van der Waals surface area contributed by atoms with E-state index in [1.165, 1.54) is 17.7 Å². The number of aromatic amines is 1. The molecule has 0 fully saturated rings. The fraction of sp³-hybridized carbons (Fsp3) is 0.261. The van der Waals surface area contributed by atoms with Gasteiger partial charge in [0.2, 0.25) is 5.91 Å². The maximum absolute atomic E-state index is 13.0. The molecule has 8 heteroatoms. The highest BCUT2D eigenvalue weighted by Crippen LogP contribution is 2.42. The van der Waals surface area contributed by atoms with E-state index in [0.717, 1.165) is 30.2 Å². The summed E-state index contributed by atoms with van der Waals surface area (Å²) in [6.07, 6.45) is 1.62. The number of halogens is 1. The number of aromatic hydroxyl groups is 1. The summed E-state index contributed by atoms with van der Waals surface area (Å²) < 4.78 is 0. The van der Waals surface area contributed by atoms with Crippen molar-refractivity contribution >= 4 is 35.0 Å². The molecule has 1 atom stereocenters. The van der Waals surface area contributed by atoms with E-state index in [1.54, 1.807) is 6.07 Å². The van der Waals surface area contributed by atoms with Crippen molar-refractivity contribution in [1.29, 1.82) is 0 Å². The summed E-state index contributed by atoms with van der Waals surface area (Å²) in [7, 11) is 0. The normalized spacial score (nSPS) is 17.0. The minimum atomic E-state index is -0.289. The van der Waals surface area contributed by atoms with Gasteiger partial charge >= 0.3 is 0 Å². The Balaban J connectivity index is 1.58. The van der Waals surface area contributed by atoms with Crippen LogP contribution < -0.4 is 10.9 Å². The van der Waals surface area contributed by atoms with Gasteiger partial charge in [0.1, 0.15) is 5.75 Å². The summed E-state index contributed by atoms with van der Waals surface area (Å²) >= 11 is 7.04. The van der Waals surface area contributed by atoms with E-state index in [2.05, 4.69) is 30.2 Å². The van der Waals surface area contributed by atoms with Crippen molar-refractivity contribution in [2.24, 2.45) is 0 Å². The molecule has 31 heavy (non-hydrogen) atoms. The fourth-order valence-corrected chi connectivity index (χ4v) is 4.75. The zero-order valence-electron chi connectivity index (χ0n) is 17.2. The smallest absolute Gasteiger partial charge is 0.255 e. The van der Waals surface area contributed by atoms with Gasteiger partial charge in [-0.1, -0.05) is 61.5 Å². The average molecular weight is 456 g/mol. The predicted molar refractivity (Wildman–Crippen MR) is 124 cm³/mol. The number of hydrogen-bond donors (Lipinski definition) is 3. The van der Waals surface area contributed by atoms with Crippen molar-refractivity contribution in [2.75, 3.05) is 11.1 Å². The van der Waals surface area contributed by atoms with Crippen LogP contribution in [0.5, 0.6) is 5.75 Å². The molecule has 2 aromatic carbocycles. The molecule has 0 radical (unpaired) electrons. The molecule has 0 spiro atoms.